The van der Waals surface area contributed by atoms with Crippen LogP contribution in [0.3, 0.4) is 0 Å². The quantitative estimate of drug-likeness (QED) is 0.511. The van der Waals surface area contributed by atoms with Gasteiger partial charge in [0.2, 0.25) is 5.89 Å². The lowest BCUT2D eigenvalue weighted by Crippen LogP contribution is -2.27. The number of oxazole rings is 1. The summed E-state index contributed by atoms with van der Waals surface area (Å²) in [7, 11) is 0. The van der Waals surface area contributed by atoms with Gasteiger partial charge in [0.05, 0.1) is 23.1 Å². The Morgan fingerprint density at radius 1 is 1.23 bits per heavy atom. The predicted molar refractivity (Wildman–Crippen MR) is 115 cm³/mol. The van der Waals surface area contributed by atoms with Crippen molar-refractivity contribution in [1.29, 1.82) is 0 Å². The van der Waals surface area contributed by atoms with Gasteiger partial charge in [0, 0.05) is 11.8 Å². The summed E-state index contributed by atoms with van der Waals surface area (Å²) in [4.78, 5) is 21.8. The zero-order valence-corrected chi connectivity index (χ0v) is 16.9. The summed E-state index contributed by atoms with van der Waals surface area (Å²) in [5, 5.41) is 6.76. The number of rotatable bonds is 4. The van der Waals surface area contributed by atoms with Gasteiger partial charge < -0.3 is 15.1 Å². The molecule has 30 heavy (non-hydrogen) atoms. The third-order valence-electron chi connectivity index (χ3n) is 5.47. The number of hydrogen-bond donors (Lipinski definition) is 2. The van der Waals surface area contributed by atoms with E-state index in [0.717, 1.165) is 37.1 Å². The molecule has 0 radical (unpaired) electrons. The second kappa shape index (κ2) is 7.93. The summed E-state index contributed by atoms with van der Waals surface area (Å²) in [5.41, 5.74) is 3.69. The number of pyridine rings is 1. The Hall–Kier alpha value is -3.16. The molecule has 0 bridgehead atoms. The molecule has 1 aromatic carbocycles. The third-order valence-corrected chi connectivity index (χ3v) is 5.80. The van der Waals surface area contributed by atoms with E-state index < -0.39 is 0 Å². The Bertz CT molecular complexity index is 1200. The summed E-state index contributed by atoms with van der Waals surface area (Å²) < 4.78 is 7.42. The van der Waals surface area contributed by atoms with Crippen LogP contribution in [0.5, 0.6) is 0 Å². The highest BCUT2D eigenvalue weighted by molar-refractivity contribution is 6.33. The molecule has 0 unspecified atom stereocenters. The molecular weight excluding hydrogens is 402 g/mol. The first-order valence-electron chi connectivity index (χ1n) is 9.88. The highest BCUT2D eigenvalue weighted by Crippen LogP contribution is 2.34. The van der Waals surface area contributed by atoms with Crippen molar-refractivity contribution < 1.29 is 9.21 Å². The van der Waals surface area contributed by atoms with Gasteiger partial charge in [-0.05, 0) is 55.6 Å². The maximum atomic E-state index is 13.0. The van der Waals surface area contributed by atoms with Crippen molar-refractivity contribution >= 4 is 28.8 Å². The molecular formula is C22H20ClN5O2. The minimum Gasteiger partial charge on any atom is -0.445 e. The molecule has 1 aliphatic rings. The number of nitrogens with one attached hydrogen (secondary N) is 2. The highest BCUT2D eigenvalue weighted by atomic mass is 35.5. The summed E-state index contributed by atoms with van der Waals surface area (Å²) in [5.74, 6) is 0.645. The van der Waals surface area contributed by atoms with Gasteiger partial charge in [0.1, 0.15) is 17.6 Å². The lowest BCUT2D eigenvalue weighted by atomic mass is 9.88. The smallest absolute Gasteiger partial charge is 0.274 e. The highest BCUT2D eigenvalue weighted by Gasteiger charge is 2.24. The molecule has 3 aromatic heterocycles. The van der Waals surface area contributed by atoms with Gasteiger partial charge in [-0.2, -0.15) is 0 Å². The zero-order valence-electron chi connectivity index (χ0n) is 16.1. The molecule has 1 fully saturated rings. The van der Waals surface area contributed by atoms with E-state index in [1.54, 1.807) is 30.8 Å². The maximum Gasteiger partial charge on any atom is 0.274 e. The summed E-state index contributed by atoms with van der Waals surface area (Å²) in [6.45, 7) is 1.91. The van der Waals surface area contributed by atoms with Gasteiger partial charge in [-0.25, -0.2) is 9.97 Å². The van der Waals surface area contributed by atoms with Crippen molar-refractivity contribution in [1.82, 2.24) is 19.7 Å². The molecule has 2 N–H and O–H groups in total. The Morgan fingerprint density at radius 2 is 2.07 bits per heavy atom. The van der Waals surface area contributed by atoms with Crippen molar-refractivity contribution in [2.45, 2.75) is 18.8 Å². The number of halogens is 1. The summed E-state index contributed by atoms with van der Waals surface area (Å²) in [6.07, 6.45) is 8.80. The number of aromatic nitrogens is 3. The van der Waals surface area contributed by atoms with Gasteiger partial charge in [0.15, 0.2) is 0 Å². The van der Waals surface area contributed by atoms with Crippen LogP contribution in [-0.4, -0.2) is 33.4 Å². The van der Waals surface area contributed by atoms with Crippen LogP contribution in [0.25, 0.3) is 17.1 Å². The van der Waals surface area contributed by atoms with E-state index in [4.69, 9.17) is 16.0 Å². The number of amides is 1. The number of piperidine rings is 1. The summed E-state index contributed by atoms with van der Waals surface area (Å²) >= 11 is 6.19. The fraction of sp³-hybridized carbons (Fsp3) is 0.227. The molecule has 4 aromatic rings. The topological polar surface area (TPSA) is 84.5 Å². The average Bonchev–Trinajstić information content (AvgIpc) is 3.45. The summed E-state index contributed by atoms with van der Waals surface area (Å²) in [6, 6.07) is 9.10. The maximum absolute atomic E-state index is 13.0. The number of hydrogen-bond acceptors (Lipinski definition) is 5. The van der Waals surface area contributed by atoms with Gasteiger partial charge in [0.25, 0.3) is 5.91 Å². The predicted octanol–water partition coefficient (Wildman–Crippen LogP) is 4.36. The number of fused-ring (bicyclic) bond motifs is 1. The molecule has 7 nitrogen and oxygen atoms in total. The van der Waals surface area contributed by atoms with Crippen LogP contribution in [0.15, 0.2) is 59.6 Å². The number of carbonyl (C=O) groups is 1. The van der Waals surface area contributed by atoms with E-state index in [-0.39, 0.29) is 5.91 Å². The van der Waals surface area contributed by atoms with E-state index in [9.17, 15) is 4.79 Å². The van der Waals surface area contributed by atoms with Crippen LogP contribution in [0, 0.1) is 0 Å². The van der Waals surface area contributed by atoms with Crippen LogP contribution >= 0.6 is 11.6 Å². The van der Waals surface area contributed by atoms with Gasteiger partial charge in [-0.1, -0.05) is 23.7 Å². The molecule has 152 valence electrons. The Kier molecular flexibility index (Phi) is 4.98. The van der Waals surface area contributed by atoms with Crippen molar-refractivity contribution in [3.63, 3.8) is 0 Å². The molecule has 5 rings (SSSR count). The van der Waals surface area contributed by atoms with E-state index in [1.807, 2.05) is 28.8 Å². The lowest BCUT2D eigenvalue weighted by Gasteiger charge is -2.24. The zero-order chi connectivity index (χ0) is 20.5. The van der Waals surface area contributed by atoms with Crippen LogP contribution in [-0.2, 0) is 0 Å². The second-order valence-corrected chi connectivity index (χ2v) is 7.72. The molecule has 4 heterocycles. The first-order valence-corrected chi connectivity index (χ1v) is 10.3. The van der Waals surface area contributed by atoms with Crippen molar-refractivity contribution in [3.05, 3.63) is 71.5 Å². The number of nitrogens with zero attached hydrogens (tertiary/aromatic N) is 3. The number of imidazole rings is 1. The van der Waals surface area contributed by atoms with E-state index >= 15 is 0 Å². The molecule has 1 amide bonds. The van der Waals surface area contributed by atoms with Crippen LogP contribution in [0.2, 0.25) is 5.02 Å². The van der Waals surface area contributed by atoms with Crippen molar-refractivity contribution in [3.8, 4) is 11.5 Å². The molecule has 0 saturated carbocycles. The van der Waals surface area contributed by atoms with Crippen LogP contribution in [0.1, 0.15) is 34.8 Å². The molecule has 0 spiro atoms. The average molecular weight is 422 g/mol. The van der Waals surface area contributed by atoms with Gasteiger partial charge >= 0.3 is 0 Å². The third kappa shape index (κ3) is 3.46. The van der Waals surface area contributed by atoms with Gasteiger partial charge in [-0.15, -0.1) is 0 Å². The number of para-hydroxylation sites is 1. The fourth-order valence-electron chi connectivity index (χ4n) is 3.96. The van der Waals surface area contributed by atoms with Crippen molar-refractivity contribution in [2.75, 3.05) is 18.4 Å². The molecule has 8 heteroatoms. The standard InChI is InChI=1S/C22H20ClN5O2/c23-17-3-1-2-4-18(17)27-21(29)19-12-26-20-11-15(22-25-9-10-30-22)16(13-28(19)20)14-5-7-24-8-6-14/h1-4,9-14,24H,5-8H2,(H,27,29). The van der Waals surface area contributed by atoms with Gasteiger partial charge in [-0.3, -0.25) is 9.20 Å². The molecule has 1 saturated heterocycles. The Morgan fingerprint density at radius 3 is 2.83 bits per heavy atom. The fourth-order valence-corrected chi connectivity index (χ4v) is 4.14. The second-order valence-electron chi connectivity index (χ2n) is 7.31. The van der Waals surface area contributed by atoms with Crippen LogP contribution in [0.4, 0.5) is 5.69 Å². The first-order chi connectivity index (χ1) is 14.7. The minimum absolute atomic E-state index is 0.268. The van der Waals surface area contributed by atoms with Crippen molar-refractivity contribution in [2.24, 2.45) is 0 Å². The molecule has 0 aliphatic carbocycles. The van der Waals surface area contributed by atoms with Crippen LogP contribution < -0.4 is 10.6 Å². The Labute approximate surface area is 178 Å². The normalized spacial score (nSPS) is 14.8. The monoisotopic (exact) mass is 421 g/mol. The van der Waals surface area contributed by atoms with E-state index in [1.165, 1.54) is 0 Å². The molecule has 1 aliphatic heterocycles. The largest absolute Gasteiger partial charge is 0.445 e. The van der Waals surface area contributed by atoms with E-state index in [2.05, 4.69) is 20.6 Å². The number of benzene rings is 1. The Balaban J connectivity index is 1.58. The first kappa shape index (κ1) is 18.8. The van der Waals surface area contributed by atoms with E-state index in [0.29, 0.717) is 33.9 Å². The number of anilines is 1. The number of carbonyl (C=O) groups excluding carboxylic acids is 1. The minimum atomic E-state index is -0.268. The molecule has 0 atom stereocenters. The SMILES string of the molecule is O=C(Nc1ccccc1Cl)c1cnc2cc(-c3ncco3)c(C3CCNCC3)cn12. The lowest BCUT2D eigenvalue weighted by molar-refractivity contribution is 0.102.